The smallest absolute Gasteiger partial charge is 0.122 e. The van der Waals surface area contributed by atoms with Crippen LogP contribution in [0.2, 0.25) is 0 Å². The van der Waals surface area contributed by atoms with E-state index in [1.54, 1.807) is 0 Å². The zero-order valence-electron chi connectivity index (χ0n) is 12.1. The summed E-state index contributed by atoms with van der Waals surface area (Å²) < 4.78 is 0. The van der Waals surface area contributed by atoms with Gasteiger partial charge in [-0.05, 0) is 36.8 Å². The van der Waals surface area contributed by atoms with Gasteiger partial charge in [0.15, 0.2) is 0 Å². The molecule has 1 aliphatic rings. The van der Waals surface area contributed by atoms with Crippen LogP contribution in [0.5, 0.6) is 0 Å². The molecule has 1 fully saturated rings. The molecule has 0 atom stereocenters. The third-order valence-electron chi connectivity index (χ3n) is 4.69. The summed E-state index contributed by atoms with van der Waals surface area (Å²) in [5, 5.41) is 7.40. The van der Waals surface area contributed by atoms with Gasteiger partial charge in [0, 0.05) is 18.7 Å². The van der Waals surface area contributed by atoms with Crippen molar-refractivity contribution in [3.8, 4) is 0 Å². The summed E-state index contributed by atoms with van der Waals surface area (Å²) in [6, 6.07) is 8.07. The minimum absolute atomic E-state index is 0.142. The zero-order chi connectivity index (χ0) is 13.9. The lowest BCUT2D eigenvalue weighted by molar-refractivity contribution is 0.236. The molecule has 3 N–H and O–H groups in total. The summed E-state index contributed by atoms with van der Waals surface area (Å²) in [5.74, 6) is 0.142. The lowest BCUT2D eigenvalue weighted by Crippen LogP contribution is -2.26. The molecule has 1 aromatic rings. The van der Waals surface area contributed by atoms with Crippen LogP contribution in [0.4, 0.5) is 0 Å². The highest BCUT2D eigenvalue weighted by atomic mass is 15.2. The standard InChI is InChI=1S/C16H25N3/c1-3-16(4-2)9-10-19(12-16)11-13-5-7-14(8-6-13)15(17)18/h5-8H,3-4,9-12H2,1-2H3,(H3,17,18). The summed E-state index contributed by atoms with van der Waals surface area (Å²) in [6.07, 6.45) is 3.89. The lowest BCUT2D eigenvalue weighted by Gasteiger charge is -2.26. The van der Waals surface area contributed by atoms with Crippen molar-refractivity contribution in [1.82, 2.24) is 4.90 Å². The highest BCUT2D eigenvalue weighted by molar-refractivity contribution is 5.94. The van der Waals surface area contributed by atoms with Crippen LogP contribution in [0, 0.1) is 10.8 Å². The fraction of sp³-hybridized carbons (Fsp3) is 0.562. The Kier molecular flexibility index (Phi) is 4.25. The van der Waals surface area contributed by atoms with E-state index >= 15 is 0 Å². The topological polar surface area (TPSA) is 53.1 Å². The molecule has 0 bridgehead atoms. The number of rotatable bonds is 5. The van der Waals surface area contributed by atoms with Gasteiger partial charge in [-0.3, -0.25) is 10.3 Å². The summed E-state index contributed by atoms with van der Waals surface area (Å²) in [7, 11) is 0. The predicted octanol–water partition coefficient (Wildman–Crippen LogP) is 2.98. The van der Waals surface area contributed by atoms with Crippen molar-refractivity contribution in [2.75, 3.05) is 13.1 Å². The molecule has 0 aromatic heterocycles. The molecule has 1 saturated heterocycles. The summed E-state index contributed by atoms with van der Waals surface area (Å²) >= 11 is 0. The number of nitrogens with two attached hydrogens (primary N) is 1. The minimum atomic E-state index is 0.142. The minimum Gasteiger partial charge on any atom is -0.384 e. The molecule has 1 aromatic carbocycles. The van der Waals surface area contributed by atoms with E-state index in [-0.39, 0.29) is 5.84 Å². The van der Waals surface area contributed by atoms with Gasteiger partial charge < -0.3 is 5.73 Å². The van der Waals surface area contributed by atoms with Gasteiger partial charge in [0.2, 0.25) is 0 Å². The second kappa shape index (κ2) is 5.74. The molecule has 0 radical (unpaired) electrons. The van der Waals surface area contributed by atoms with Crippen molar-refractivity contribution in [3.05, 3.63) is 35.4 Å². The third-order valence-corrected chi connectivity index (χ3v) is 4.69. The van der Waals surface area contributed by atoms with Gasteiger partial charge in [-0.25, -0.2) is 0 Å². The Labute approximate surface area is 116 Å². The van der Waals surface area contributed by atoms with Crippen molar-refractivity contribution in [2.24, 2.45) is 11.1 Å². The third kappa shape index (κ3) is 3.16. The molecule has 0 spiro atoms. The summed E-state index contributed by atoms with van der Waals surface area (Å²) in [4.78, 5) is 2.55. The molecule has 2 rings (SSSR count). The Morgan fingerprint density at radius 1 is 1.26 bits per heavy atom. The maximum atomic E-state index is 7.40. The van der Waals surface area contributed by atoms with E-state index in [1.165, 1.54) is 37.9 Å². The SMILES string of the molecule is CCC1(CC)CCN(Cc2ccc(C(=N)N)cc2)C1. The molecule has 0 saturated carbocycles. The van der Waals surface area contributed by atoms with E-state index < -0.39 is 0 Å². The van der Waals surface area contributed by atoms with Crippen molar-refractivity contribution in [2.45, 2.75) is 39.7 Å². The fourth-order valence-electron chi connectivity index (χ4n) is 3.04. The van der Waals surface area contributed by atoms with Crippen molar-refractivity contribution >= 4 is 5.84 Å². The van der Waals surface area contributed by atoms with E-state index in [4.69, 9.17) is 11.1 Å². The number of benzene rings is 1. The van der Waals surface area contributed by atoms with E-state index in [1.807, 2.05) is 12.1 Å². The number of nitrogens with one attached hydrogen (secondary N) is 1. The zero-order valence-corrected chi connectivity index (χ0v) is 12.1. The van der Waals surface area contributed by atoms with E-state index in [2.05, 4.69) is 30.9 Å². The number of hydrogen-bond donors (Lipinski definition) is 2. The first-order chi connectivity index (χ1) is 9.08. The van der Waals surface area contributed by atoms with Crippen molar-refractivity contribution in [3.63, 3.8) is 0 Å². The Hall–Kier alpha value is -1.35. The molecular weight excluding hydrogens is 234 g/mol. The highest BCUT2D eigenvalue weighted by Gasteiger charge is 2.34. The van der Waals surface area contributed by atoms with Gasteiger partial charge in [-0.15, -0.1) is 0 Å². The molecule has 3 heteroatoms. The fourth-order valence-corrected chi connectivity index (χ4v) is 3.04. The van der Waals surface area contributed by atoms with Crippen LogP contribution >= 0.6 is 0 Å². The summed E-state index contributed by atoms with van der Waals surface area (Å²) in [5.41, 5.74) is 8.13. The highest BCUT2D eigenvalue weighted by Crippen LogP contribution is 2.37. The van der Waals surface area contributed by atoms with E-state index in [9.17, 15) is 0 Å². The normalized spacial score (nSPS) is 18.6. The van der Waals surface area contributed by atoms with E-state index in [0.29, 0.717) is 5.41 Å². The van der Waals surface area contributed by atoms with Gasteiger partial charge in [0.05, 0.1) is 0 Å². The van der Waals surface area contributed by atoms with Crippen molar-refractivity contribution in [1.29, 1.82) is 5.41 Å². The molecule has 1 aliphatic heterocycles. The molecule has 19 heavy (non-hydrogen) atoms. The first kappa shape index (κ1) is 14.1. The second-order valence-electron chi connectivity index (χ2n) is 5.78. The Morgan fingerprint density at radius 3 is 2.37 bits per heavy atom. The van der Waals surface area contributed by atoms with Gasteiger partial charge in [0.25, 0.3) is 0 Å². The number of nitrogen functional groups attached to an aromatic ring is 1. The van der Waals surface area contributed by atoms with Crippen LogP contribution in [0.1, 0.15) is 44.2 Å². The number of hydrogen-bond acceptors (Lipinski definition) is 2. The quantitative estimate of drug-likeness (QED) is 0.631. The van der Waals surface area contributed by atoms with Crippen LogP contribution in [0.25, 0.3) is 0 Å². The van der Waals surface area contributed by atoms with Crippen LogP contribution in [-0.2, 0) is 6.54 Å². The molecular formula is C16H25N3. The lowest BCUT2D eigenvalue weighted by atomic mass is 9.82. The van der Waals surface area contributed by atoms with Gasteiger partial charge in [-0.1, -0.05) is 38.1 Å². The number of nitrogens with zero attached hydrogens (tertiary/aromatic N) is 1. The first-order valence-corrected chi connectivity index (χ1v) is 7.24. The number of amidine groups is 1. The molecule has 1 heterocycles. The molecule has 0 aliphatic carbocycles. The molecule has 104 valence electrons. The maximum Gasteiger partial charge on any atom is 0.122 e. The Bertz CT molecular complexity index is 432. The van der Waals surface area contributed by atoms with E-state index in [0.717, 1.165) is 12.1 Å². The van der Waals surface area contributed by atoms with Gasteiger partial charge in [0.1, 0.15) is 5.84 Å². The monoisotopic (exact) mass is 259 g/mol. The average molecular weight is 259 g/mol. The van der Waals surface area contributed by atoms with Crippen LogP contribution in [0.15, 0.2) is 24.3 Å². The van der Waals surface area contributed by atoms with Crippen LogP contribution < -0.4 is 5.73 Å². The summed E-state index contributed by atoms with van der Waals surface area (Å²) in [6.45, 7) is 8.06. The molecule has 0 unspecified atom stereocenters. The van der Waals surface area contributed by atoms with Crippen LogP contribution in [0.3, 0.4) is 0 Å². The maximum absolute atomic E-state index is 7.40. The molecule has 0 amide bonds. The van der Waals surface area contributed by atoms with Gasteiger partial charge >= 0.3 is 0 Å². The van der Waals surface area contributed by atoms with Crippen LogP contribution in [-0.4, -0.2) is 23.8 Å². The Morgan fingerprint density at radius 2 is 1.89 bits per heavy atom. The predicted molar refractivity (Wildman–Crippen MR) is 80.4 cm³/mol. The average Bonchev–Trinajstić information content (AvgIpc) is 2.83. The van der Waals surface area contributed by atoms with Gasteiger partial charge in [-0.2, -0.15) is 0 Å². The first-order valence-electron chi connectivity index (χ1n) is 7.24. The van der Waals surface area contributed by atoms with Crippen molar-refractivity contribution < 1.29 is 0 Å². The second-order valence-corrected chi connectivity index (χ2v) is 5.78. The number of likely N-dealkylation sites (tertiary alicyclic amines) is 1. The largest absolute Gasteiger partial charge is 0.384 e. The molecule has 3 nitrogen and oxygen atoms in total. The Balaban J connectivity index is 1.97.